The zero-order valence-corrected chi connectivity index (χ0v) is 13.1. The minimum atomic E-state index is -0.521. The van der Waals surface area contributed by atoms with Crippen LogP contribution in [0.5, 0.6) is 0 Å². The number of nitrogens with two attached hydrogens (primary N) is 1. The van der Waals surface area contributed by atoms with Crippen molar-refractivity contribution < 1.29 is 4.39 Å². The van der Waals surface area contributed by atoms with Crippen molar-refractivity contribution in [2.75, 3.05) is 5.73 Å². The quantitative estimate of drug-likeness (QED) is 0.887. The fourth-order valence-electron chi connectivity index (χ4n) is 1.89. The van der Waals surface area contributed by atoms with Gasteiger partial charge in [-0.25, -0.2) is 9.07 Å². The summed E-state index contributed by atoms with van der Waals surface area (Å²) in [6.07, 6.45) is 0.680. The van der Waals surface area contributed by atoms with Gasteiger partial charge < -0.3 is 5.73 Å². The third kappa shape index (κ3) is 3.07. The van der Waals surface area contributed by atoms with Crippen LogP contribution in [0.2, 0.25) is 10.0 Å². The van der Waals surface area contributed by atoms with Crippen LogP contribution in [-0.4, -0.2) is 9.78 Å². The zero-order valence-electron chi connectivity index (χ0n) is 11.5. The molecule has 2 N–H and O–H groups in total. The molecule has 0 aliphatic rings. The molecule has 0 unspecified atom stereocenters. The van der Waals surface area contributed by atoms with Gasteiger partial charge in [-0.3, -0.25) is 0 Å². The molecule has 1 aromatic heterocycles. The third-order valence-electron chi connectivity index (χ3n) is 2.77. The smallest absolute Gasteiger partial charge is 0.146 e. The summed E-state index contributed by atoms with van der Waals surface area (Å²) < 4.78 is 15.0. The fraction of sp³-hybridized carbons (Fsp3) is 0.357. The first-order chi connectivity index (χ1) is 9.19. The standard InChI is InChI=1S/C14H16Cl2FN3/c1-14(2,3)7-11-12(16)13(18)20(19-11)8-4-5-9(15)10(17)6-8/h4-6H,7,18H2,1-3H3. The van der Waals surface area contributed by atoms with E-state index in [1.165, 1.54) is 16.8 Å². The Morgan fingerprint density at radius 2 is 1.95 bits per heavy atom. The van der Waals surface area contributed by atoms with Gasteiger partial charge in [0.05, 0.1) is 16.4 Å². The maximum absolute atomic E-state index is 13.5. The molecule has 0 bridgehead atoms. The summed E-state index contributed by atoms with van der Waals surface area (Å²) in [6, 6.07) is 4.39. The number of anilines is 1. The molecule has 0 saturated heterocycles. The fourth-order valence-corrected chi connectivity index (χ4v) is 2.19. The minimum Gasteiger partial charge on any atom is -0.382 e. The van der Waals surface area contributed by atoms with Crippen molar-refractivity contribution >= 4 is 29.0 Å². The maximum atomic E-state index is 13.5. The second-order valence-electron chi connectivity index (χ2n) is 5.89. The molecule has 108 valence electrons. The maximum Gasteiger partial charge on any atom is 0.146 e. The van der Waals surface area contributed by atoms with Gasteiger partial charge in [-0.1, -0.05) is 44.0 Å². The first-order valence-electron chi connectivity index (χ1n) is 6.17. The molecule has 2 aromatic rings. The molecule has 1 heterocycles. The van der Waals surface area contributed by atoms with Gasteiger partial charge in [0.2, 0.25) is 0 Å². The Hall–Kier alpha value is -1.26. The van der Waals surface area contributed by atoms with Crippen LogP contribution in [0, 0.1) is 11.2 Å². The molecule has 0 amide bonds. The molecule has 0 fully saturated rings. The van der Waals surface area contributed by atoms with Gasteiger partial charge in [-0.15, -0.1) is 0 Å². The van der Waals surface area contributed by atoms with Gasteiger partial charge in [0.25, 0.3) is 0 Å². The van der Waals surface area contributed by atoms with Crippen LogP contribution in [0.25, 0.3) is 5.69 Å². The van der Waals surface area contributed by atoms with Crippen LogP contribution in [-0.2, 0) is 6.42 Å². The predicted molar refractivity (Wildman–Crippen MR) is 81.1 cm³/mol. The third-order valence-corrected chi connectivity index (χ3v) is 3.49. The van der Waals surface area contributed by atoms with Crippen LogP contribution in [0.1, 0.15) is 26.5 Å². The lowest BCUT2D eigenvalue weighted by atomic mass is 9.91. The Labute approximate surface area is 127 Å². The highest BCUT2D eigenvalue weighted by Gasteiger charge is 2.20. The molecular formula is C14H16Cl2FN3. The van der Waals surface area contributed by atoms with Gasteiger partial charge in [0.15, 0.2) is 0 Å². The van der Waals surface area contributed by atoms with Crippen molar-refractivity contribution in [2.24, 2.45) is 5.41 Å². The summed E-state index contributed by atoms with van der Waals surface area (Å²) >= 11 is 11.9. The van der Waals surface area contributed by atoms with Gasteiger partial charge in [-0.2, -0.15) is 5.10 Å². The van der Waals surface area contributed by atoms with E-state index in [9.17, 15) is 4.39 Å². The van der Waals surface area contributed by atoms with Crippen LogP contribution in [0.15, 0.2) is 18.2 Å². The van der Waals surface area contributed by atoms with Crippen LogP contribution in [0.3, 0.4) is 0 Å². The van der Waals surface area contributed by atoms with Crippen LogP contribution >= 0.6 is 23.2 Å². The molecule has 0 radical (unpaired) electrons. The first-order valence-corrected chi connectivity index (χ1v) is 6.93. The lowest BCUT2D eigenvalue weighted by Gasteiger charge is -2.16. The van der Waals surface area contributed by atoms with Crippen molar-refractivity contribution in [3.63, 3.8) is 0 Å². The average molecular weight is 316 g/mol. The summed E-state index contributed by atoms with van der Waals surface area (Å²) in [7, 11) is 0. The second-order valence-corrected chi connectivity index (χ2v) is 6.68. The molecule has 0 atom stereocenters. The number of aromatic nitrogens is 2. The number of hydrogen-bond donors (Lipinski definition) is 1. The Balaban J connectivity index is 2.47. The van der Waals surface area contributed by atoms with E-state index in [4.69, 9.17) is 28.9 Å². The Morgan fingerprint density at radius 1 is 1.30 bits per heavy atom. The molecular weight excluding hydrogens is 300 g/mol. The number of benzene rings is 1. The van der Waals surface area contributed by atoms with Crippen molar-refractivity contribution in [3.05, 3.63) is 39.8 Å². The molecule has 3 nitrogen and oxygen atoms in total. The van der Waals surface area contributed by atoms with Gasteiger partial charge in [-0.05, 0) is 24.0 Å². The Morgan fingerprint density at radius 3 is 2.50 bits per heavy atom. The average Bonchev–Trinajstić information content (AvgIpc) is 2.59. The number of nitrogen functional groups attached to an aromatic ring is 1. The normalized spacial score (nSPS) is 11.9. The predicted octanol–water partition coefficient (Wildman–Crippen LogP) is 4.49. The van der Waals surface area contributed by atoms with Gasteiger partial charge in [0.1, 0.15) is 16.7 Å². The molecule has 0 saturated carbocycles. The van der Waals surface area contributed by atoms with Crippen molar-refractivity contribution in [1.29, 1.82) is 0 Å². The molecule has 0 aliphatic heterocycles. The summed E-state index contributed by atoms with van der Waals surface area (Å²) in [5.41, 5.74) is 7.18. The Kier molecular flexibility index (Phi) is 3.98. The Bertz CT molecular complexity index is 645. The zero-order chi connectivity index (χ0) is 15.1. The highest BCUT2D eigenvalue weighted by molar-refractivity contribution is 6.33. The summed E-state index contributed by atoms with van der Waals surface area (Å²) in [6.45, 7) is 6.25. The number of nitrogens with zero attached hydrogens (tertiary/aromatic N) is 2. The van der Waals surface area contributed by atoms with Crippen molar-refractivity contribution in [1.82, 2.24) is 9.78 Å². The number of halogens is 3. The van der Waals surface area contributed by atoms with E-state index in [2.05, 4.69) is 25.9 Å². The van der Waals surface area contributed by atoms with E-state index in [0.29, 0.717) is 28.6 Å². The molecule has 6 heteroatoms. The SMILES string of the molecule is CC(C)(C)Cc1nn(-c2ccc(Cl)c(F)c2)c(N)c1Cl. The van der Waals surface area contributed by atoms with E-state index in [1.807, 2.05) is 0 Å². The molecule has 0 spiro atoms. The highest BCUT2D eigenvalue weighted by atomic mass is 35.5. The van der Waals surface area contributed by atoms with Gasteiger partial charge >= 0.3 is 0 Å². The van der Waals surface area contributed by atoms with E-state index < -0.39 is 5.82 Å². The van der Waals surface area contributed by atoms with E-state index in [1.54, 1.807) is 6.07 Å². The van der Waals surface area contributed by atoms with Gasteiger partial charge in [0, 0.05) is 6.07 Å². The van der Waals surface area contributed by atoms with Crippen LogP contribution < -0.4 is 5.73 Å². The van der Waals surface area contributed by atoms with Crippen molar-refractivity contribution in [3.8, 4) is 5.69 Å². The molecule has 2 rings (SSSR count). The van der Waals surface area contributed by atoms with E-state index in [-0.39, 0.29) is 10.4 Å². The summed E-state index contributed by atoms with van der Waals surface area (Å²) in [4.78, 5) is 0. The van der Waals surface area contributed by atoms with E-state index in [0.717, 1.165) is 0 Å². The first kappa shape index (κ1) is 15.1. The summed E-state index contributed by atoms with van der Waals surface area (Å²) in [5, 5.41) is 4.85. The number of rotatable bonds is 2. The second kappa shape index (κ2) is 5.26. The monoisotopic (exact) mass is 315 g/mol. The topological polar surface area (TPSA) is 43.8 Å². The minimum absolute atomic E-state index is 0.0283. The van der Waals surface area contributed by atoms with E-state index >= 15 is 0 Å². The highest BCUT2D eigenvalue weighted by Crippen LogP contribution is 2.31. The van der Waals surface area contributed by atoms with Crippen molar-refractivity contribution in [2.45, 2.75) is 27.2 Å². The molecule has 1 aromatic carbocycles. The lowest BCUT2D eigenvalue weighted by Crippen LogP contribution is -2.10. The molecule has 20 heavy (non-hydrogen) atoms. The lowest BCUT2D eigenvalue weighted by molar-refractivity contribution is 0.405. The molecule has 0 aliphatic carbocycles. The largest absolute Gasteiger partial charge is 0.382 e. The number of hydrogen-bond acceptors (Lipinski definition) is 2. The van der Waals surface area contributed by atoms with Crippen LogP contribution in [0.4, 0.5) is 10.2 Å². The summed E-state index contributed by atoms with van der Waals surface area (Å²) in [5.74, 6) is -0.222.